The fourth-order valence-corrected chi connectivity index (χ4v) is 5.31. The average molecular weight is 472 g/mol. The maximum absolute atomic E-state index is 13.0. The molecule has 36 heavy (non-hydrogen) atoms. The van der Waals surface area contributed by atoms with Crippen LogP contribution in [-0.4, -0.2) is 19.2 Å². The molecule has 0 bridgehead atoms. The molecule has 0 unspecified atom stereocenters. The number of rotatable bonds is 8. The second-order valence-electron chi connectivity index (χ2n) is 9.11. The average Bonchev–Trinajstić information content (AvgIpc) is 3.27. The van der Waals surface area contributed by atoms with E-state index in [2.05, 4.69) is 78.3 Å². The first-order chi connectivity index (χ1) is 17.7. The molecule has 0 radical (unpaired) electrons. The highest BCUT2D eigenvalue weighted by atomic mass is 16.5. The van der Waals surface area contributed by atoms with Gasteiger partial charge in [0.1, 0.15) is 6.61 Å². The van der Waals surface area contributed by atoms with Gasteiger partial charge < -0.3 is 10.1 Å². The molecule has 1 N–H and O–H groups in total. The van der Waals surface area contributed by atoms with E-state index in [1.54, 1.807) is 0 Å². The summed E-state index contributed by atoms with van der Waals surface area (Å²) < 4.78 is 5.82. The van der Waals surface area contributed by atoms with Gasteiger partial charge in [-0.2, -0.15) is 0 Å². The monoisotopic (exact) mass is 471 g/mol. The molecule has 1 aliphatic carbocycles. The first-order valence-corrected chi connectivity index (χ1v) is 12.3. The Kier molecular flexibility index (Phi) is 6.84. The topological polar surface area (TPSA) is 38.3 Å². The largest absolute Gasteiger partial charge is 0.449 e. The Morgan fingerprint density at radius 2 is 1.31 bits per heavy atom. The van der Waals surface area contributed by atoms with Crippen LogP contribution in [0.2, 0.25) is 0 Å². The van der Waals surface area contributed by atoms with Gasteiger partial charge in [-0.05, 0) is 45.9 Å². The lowest BCUT2D eigenvalue weighted by atomic mass is 9.72. The van der Waals surface area contributed by atoms with E-state index < -0.39 is 11.5 Å². The number of benzene rings is 4. The van der Waals surface area contributed by atoms with Gasteiger partial charge in [0.2, 0.25) is 0 Å². The maximum Gasteiger partial charge on any atom is 0.407 e. The summed E-state index contributed by atoms with van der Waals surface area (Å²) in [4.78, 5) is 13.0. The lowest BCUT2D eigenvalue weighted by Gasteiger charge is -2.34. The van der Waals surface area contributed by atoms with Crippen LogP contribution in [0.25, 0.3) is 11.1 Å². The van der Waals surface area contributed by atoms with Crippen molar-refractivity contribution in [3.8, 4) is 11.1 Å². The Labute approximate surface area is 212 Å². The van der Waals surface area contributed by atoms with Crippen molar-refractivity contribution in [2.45, 2.75) is 17.8 Å². The van der Waals surface area contributed by atoms with Gasteiger partial charge in [0.15, 0.2) is 0 Å². The quantitative estimate of drug-likeness (QED) is 0.275. The van der Waals surface area contributed by atoms with Crippen LogP contribution in [0.15, 0.2) is 128 Å². The summed E-state index contributed by atoms with van der Waals surface area (Å²) in [6.07, 6.45) is 2.16. The smallest absolute Gasteiger partial charge is 0.407 e. The number of hydrogen-bond donors (Lipinski definition) is 1. The third-order valence-electron chi connectivity index (χ3n) is 7.13. The van der Waals surface area contributed by atoms with Crippen LogP contribution >= 0.6 is 0 Å². The van der Waals surface area contributed by atoms with Gasteiger partial charge in [0.25, 0.3) is 0 Å². The molecular formula is C33H29NO2. The molecule has 0 aliphatic heterocycles. The molecule has 1 amide bonds. The minimum Gasteiger partial charge on any atom is -0.449 e. The van der Waals surface area contributed by atoms with E-state index in [0.29, 0.717) is 13.0 Å². The van der Waals surface area contributed by atoms with Crippen molar-refractivity contribution >= 4 is 6.09 Å². The van der Waals surface area contributed by atoms with E-state index >= 15 is 0 Å². The SMILES string of the molecule is C=C=CCC(CNC(=O)OCC1c2ccccc2-c2ccccc21)(c1ccccc1)c1ccccc1. The normalized spacial score (nSPS) is 12.2. The molecule has 178 valence electrons. The first-order valence-electron chi connectivity index (χ1n) is 12.3. The molecule has 0 atom stereocenters. The summed E-state index contributed by atoms with van der Waals surface area (Å²) in [6, 6.07) is 37.2. The Balaban J connectivity index is 1.36. The fourth-order valence-electron chi connectivity index (χ4n) is 5.31. The van der Waals surface area contributed by atoms with Crippen LogP contribution in [0.3, 0.4) is 0 Å². The zero-order chi connectivity index (χ0) is 24.8. The third kappa shape index (κ3) is 4.49. The molecule has 4 aromatic carbocycles. The van der Waals surface area contributed by atoms with E-state index in [9.17, 15) is 4.79 Å². The summed E-state index contributed by atoms with van der Waals surface area (Å²) in [7, 11) is 0. The summed E-state index contributed by atoms with van der Waals surface area (Å²) >= 11 is 0. The minimum atomic E-state index is -0.473. The summed E-state index contributed by atoms with van der Waals surface area (Å²) in [6.45, 7) is 4.44. The predicted molar refractivity (Wildman–Crippen MR) is 145 cm³/mol. The molecule has 3 nitrogen and oxygen atoms in total. The zero-order valence-electron chi connectivity index (χ0n) is 20.2. The highest BCUT2D eigenvalue weighted by Crippen LogP contribution is 2.44. The van der Waals surface area contributed by atoms with Gasteiger partial charge in [-0.3, -0.25) is 0 Å². The molecule has 5 rings (SSSR count). The first kappa shape index (κ1) is 23.4. The number of ether oxygens (including phenoxy) is 1. The van der Waals surface area contributed by atoms with Gasteiger partial charge in [0.05, 0.1) is 0 Å². The van der Waals surface area contributed by atoms with Crippen LogP contribution in [0, 0.1) is 0 Å². The van der Waals surface area contributed by atoms with Crippen molar-refractivity contribution in [2.24, 2.45) is 0 Å². The second kappa shape index (κ2) is 10.5. The molecule has 4 aromatic rings. The van der Waals surface area contributed by atoms with E-state index in [1.807, 2.05) is 54.6 Å². The van der Waals surface area contributed by atoms with Crippen molar-refractivity contribution in [1.29, 1.82) is 0 Å². The molecule has 0 heterocycles. The zero-order valence-corrected chi connectivity index (χ0v) is 20.2. The molecule has 0 fully saturated rings. The Morgan fingerprint density at radius 1 is 0.806 bits per heavy atom. The number of fused-ring (bicyclic) bond motifs is 3. The van der Waals surface area contributed by atoms with Crippen molar-refractivity contribution in [2.75, 3.05) is 13.2 Å². The minimum absolute atomic E-state index is 0.0276. The van der Waals surface area contributed by atoms with Gasteiger partial charge in [-0.25, -0.2) is 4.79 Å². The Morgan fingerprint density at radius 3 is 1.83 bits per heavy atom. The Bertz CT molecular complexity index is 1300. The predicted octanol–water partition coefficient (Wildman–Crippen LogP) is 7.24. The fraction of sp³-hybridized carbons (Fsp3) is 0.152. The summed E-state index contributed by atoms with van der Waals surface area (Å²) in [5.74, 6) is 0.0276. The number of carbonyl (C=O) groups is 1. The number of carbonyl (C=O) groups excluding carboxylic acids is 1. The van der Waals surface area contributed by atoms with Crippen LogP contribution in [-0.2, 0) is 10.2 Å². The number of alkyl carbamates (subject to hydrolysis) is 1. The number of allylic oxidation sites excluding steroid dienone is 1. The lowest BCUT2D eigenvalue weighted by Crippen LogP contribution is -2.42. The highest BCUT2D eigenvalue weighted by Gasteiger charge is 2.34. The van der Waals surface area contributed by atoms with Gasteiger partial charge in [-0.15, -0.1) is 5.73 Å². The number of hydrogen-bond acceptors (Lipinski definition) is 2. The third-order valence-corrected chi connectivity index (χ3v) is 7.13. The standard InChI is InChI=1S/C33H29NO2/c1-2-3-22-33(25-14-6-4-7-15-25,26-16-8-5-9-17-26)24-34-32(35)36-23-31-29-20-12-10-18-27(29)28-19-11-13-21-30(28)31/h3-21,31H,1,22-24H2,(H,34,35). The van der Waals surface area contributed by atoms with Crippen LogP contribution in [0.5, 0.6) is 0 Å². The van der Waals surface area contributed by atoms with Gasteiger partial charge in [0, 0.05) is 17.9 Å². The van der Waals surface area contributed by atoms with Crippen molar-refractivity contribution < 1.29 is 9.53 Å². The summed E-state index contributed by atoms with van der Waals surface area (Å²) in [5.41, 5.74) is 9.49. The van der Waals surface area contributed by atoms with Crippen molar-refractivity contribution in [3.63, 3.8) is 0 Å². The number of nitrogens with one attached hydrogen (secondary N) is 1. The summed E-state index contributed by atoms with van der Waals surface area (Å²) in [5, 5.41) is 3.07. The number of amides is 1. The van der Waals surface area contributed by atoms with E-state index in [0.717, 1.165) is 11.1 Å². The molecular weight excluding hydrogens is 442 g/mol. The molecule has 3 heteroatoms. The molecule has 0 spiro atoms. The van der Waals surface area contributed by atoms with Gasteiger partial charge >= 0.3 is 6.09 Å². The van der Waals surface area contributed by atoms with Crippen molar-refractivity contribution in [1.82, 2.24) is 5.32 Å². The Hall–Kier alpha value is -4.33. The molecule has 1 aliphatic rings. The molecule has 0 aromatic heterocycles. The lowest BCUT2D eigenvalue weighted by molar-refractivity contribution is 0.141. The van der Waals surface area contributed by atoms with E-state index in [1.165, 1.54) is 22.3 Å². The molecule has 0 saturated heterocycles. The van der Waals surface area contributed by atoms with E-state index in [-0.39, 0.29) is 12.5 Å². The van der Waals surface area contributed by atoms with Gasteiger partial charge in [-0.1, -0.05) is 116 Å². The van der Waals surface area contributed by atoms with Crippen LogP contribution in [0.4, 0.5) is 4.79 Å². The molecule has 0 saturated carbocycles. The van der Waals surface area contributed by atoms with Crippen molar-refractivity contribution in [3.05, 3.63) is 150 Å². The van der Waals surface area contributed by atoms with Crippen LogP contribution in [0.1, 0.15) is 34.6 Å². The highest BCUT2D eigenvalue weighted by molar-refractivity contribution is 5.79. The van der Waals surface area contributed by atoms with E-state index in [4.69, 9.17) is 4.74 Å². The maximum atomic E-state index is 13.0. The second-order valence-corrected chi connectivity index (χ2v) is 9.11. The van der Waals surface area contributed by atoms with Crippen LogP contribution < -0.4 is 5.32 Å².